The van der Waals surface area contributed by atoms with Gasteiger partial charge in [-0.25, -0.2) is 0 Å². The minimum Gasteiger partial charge on any atom is -0.354 e. The van der Waals surface area contributed by atoms with E-state index in [-0.39, 0.29) is 24.8 Å². The van der Waals surface area contributed by atoms with E-state index in [1.165, 1.54) is 0 Å². The standard InChI is InChI=1S/C27H28Cl2N2O2/c1-2-16-30-27(33)25(17-20-10-4-3-5-11-20)31(19-22-13-7-9-15-24(22)29)26(32)18-21-12-6-8-14-23(21)28/h3-15,25H,2,16-19H2,1H3,(H,30,33). The Kier molecular flexibility index (Phi) is 9.35. The number of hydrogen-bond donors (Lipinski definition) is 1. The van der Waals surface area contributed by atoms with Crippen molar-refractivity contribution in [2.45, 2.75) is 38.8 Å². The highest BCUT2D eigenvalue weighted by molar-refractivity contribution is 6.31. The molecule has 33 heavy (non-hydrogen) atoms. The zero-order chi connectivity index (χ0) is 23.6. The Morgan fingerprint density at radius 1 is 0.848 bits per heavy atom. The summed E-state index contributed by atoms with van der Waals surface area (Å²) in [5.41, 5.74) is 2.48. The normalized spacial score (nSPS) is 11.6. The second-order valence-corrected chi connectivity index (χ2v) is 8.69. The maximum Gasteiger partial charge on any atom is 0.243 e. The molecule has 0 heterocycles. The molecule has 1 atom stereocenters. The summed E-state index contributed by atoms with van der Waals surface area (Å²) in [6.45, 7) is 2.76. The van der Waals surface area contributed by atoms with Crippen molar-refractivity contribution in [1.82, 2.24) is 10.2 Å². The smallest absolute Gasteiger partial charge is 0.243 e. The highest BCUT2D eigenvalue weighted by Crippen LogP contribution is 2.23. The van der Waals surface area contributed by atoms with E-state index in [0.29, 0.717) is 23.0 Å². The molecule has 1 unspecified atom stereocenters. The fourth-order valence-corrected chi connectivity index (χ4v) is 4.03. The predicted octanol–water partition coefficient (Wildman–Crippen LogP) is 5.70. The molecule has 0 aromatic heterocycles. The molecule has 0 aliphatic rings. The summed E-state index contributed by atoms with van der Waals surface area (Å²) in [5, 5.41) is 4.05. The maximum absolute atomic E-state index is 13.6. The summed E-state index contributed by atoms with van der Waals surface area (Å²) >= 11 is 12.8. The number of carbonyl (C=O) groups is 2. The van der Waals surface area contributed by atoms with Crippen molar-refractivity contribution in [3.63, 3.8) is 0 Å². The van der Waals surface area contributed by atoms with Crippen LogP contribution in [-0.2, 0) is 29.0 Å². The molecule has 6 heteroatoms. The number of carbonyl (C=O) groups excluding carboxylic acids is 2. The second kappa shape index (κ2) is 12.4. The molecule has 4 nitrogen and oxygen atoms in total. The first kappa shape index (κ1) is 24.8. The highest BCUT2D eigenvalue weighted by atomic mass is 35.5. The van der Waals surface area contributed by atoms with E-state index in [1.807, 2.05) is 73.7 Å². The average molecular weight is 483 g/mol. The number of benzene rings is 3. The first-order valence-corrected chi connectivity index (χ1v) is 11.8. The predicted molar refractivity (Wildman–Crippen MR) is 134 cm³/mol. The Balaban J connectivity index is 1.97. The van der Waals surface area contributed by atoms with Gasteiger partial charge < -0.3 is 10.2 Å². The largest absolute Gasteiger partial charge is 0.354 e. The Hall–Kier alpha value is -2.82. The molecule has 0 aliphatic carbocycles. The van der Waals surface area contributed by atoms with Crippen LogP contribution in [0.15, 0.2) is 78.9 Å². The fraction of sp³-hybridized carbons (Fsp3) is 0.259. The molecule has 0 fully saturated rings. The zero-order valence-electron chi connectivity index (χ0n) is 18.6. The molecule has 3 aromatic carbocycles. The van der Waals surface area contributed by atoms with Crippen molar-refractivity contribution in [3.05, 3.63) is 106 Å². The molecule has 0 spiro atoms. The van der Waals surface area contributed by atoms with E-state index in [0.717, 1.165) is 23.1 Å². The molecule has 0 saturated carbocycles. The van der Waals surface area contributed by atoms with Crippen molar-refractivity contribution in [3.8, 4) is 0 Å². The van der Waals surface area contributed by atoms with Crippen LogP contribution in [0.3, 0.4) is 0 Å². The lowest BCUT2D eigenvalue weighted by molar-refractivity contribution is -0.140. The molecule has 0 aliphatic heterocycles. The lowest BCUT2D eigenvalue weighted by Crippen LogP contribution is -2.51. The number of hydrogen-bond acceptors (Lipinski definition) is 2. The van der Waals surface area contributed by atoms with Crippen LogP contribution in [-0.4, -0.2) is 29.3 Å². The van der Waals surface area contributed by atoms with E-state index in [4.69, 9.17) is 23.2 Å². The van der Waals surface area contributed by atoms with E-state index >= 15 is 0 Å². The van der Waals surface area contributed by atoms with Crippen molar-refractivity contribution in [2.75, 3.05) is 6.54 Å². The zero-order valence-corrected chi connectivity index (χ0v) is 20.1. The fourth-order valence-electron chi connectivity index (χ4n) is 3.64. The molecule has 2 amide bonds. The van der Waals surface area contributed by atoms with Gasteiger partial charge in [-0.3, -0.25) is 9.59 Å². The Morgan fingerprint density at radius 3 is 2.03 bits per heavy atom. The number of nitrogens with zero attached hydrogens (tertiary/aromatic N) is 1. The van der Waals surface area contributed by atoms with Crippen LogP contribution in [0.25, 0.3) is 0 Å². The van der Waals surface area contributed by atoms with Gasteiger partial charge in [0.1, 0.15) is 6.04 Å². The van der Waals surface area contributed by atoms with E-state index in [1.54, 1.807) is 17.0 Å². The van der Waals surface area contributed by atoms with Crippen LogP contribution in [0.1, 0.15) is 30.0 Å². The SMILES string of the molecule is CCCNC(=O)C(Cc1ccccc1)N(Cc1ccccc1Cl)C(=O)Cc1ccccc1Cl. The number of halogens is 2. The topological polar surface area (TPSA) is 49.4 Å². The summed E-state index contributed by atoms with van der Waals surface area (Å²) in [6, 6.07) is 23.7. The number of nitrogens with one attached hydrogen (secondary N) is 1. The van der Waals surface area contributed by atoms with Gasteiger partial charge in [-0.05, 0) is 35.2 Å². The van der Waals surface area contributed by atoms with Crippen molar-refractivity contribution in [2.24, 2.45) is 0 Å². The molecular weight excluding hydrogens is 455 g/mol. The number of rotatable bonds is 10. The molecule has 0 bridgehead atoms. The molecule has 0 saturated heterocycles. The van der Waals surface area contributed by atoms with Crippen molar-refractivity contribution < 1.29 is 9.59 Å². The minimum absolute atomic E-state index is 0.0937. The maximum atomic E-state index is 13.6. The van der Waals surface area contributed by atoms with Gasteiger partial charge in [0.25, 0.3) is 0 Å². The molecule has 0 radical (unpaired) electrons. The van der Waals surface area contributed by atoms with Gasteiger partial charge in [-0.2, -0.15) is 0 Å². The highest BCUT2D eigenvalue weighted by Gasteiger charge is 2.30. The van der Waals surface area contributed by atoms with Crippen LogP contribution in [0.2, 0.25) is 10.0 Å². The van der Waals surface area contributed by atoms with Gasteiger partial charge in [-0.1, -0.05) is 96.9 Å². The van der Waals surface area contributed by atoms with E-state index < -0.39 is 6.04 Å². The van der Waals surface area contributed by atoms with Crippen LogP contribution in [0.5, 0.6) is 0 Å². The third-order valence-electron chi connectivity index (χ3n) is 5.42. The molecular formula is C27H28Cl2N2O2. The third kappa shape index (κ3) is 7.08. The third-order valence-corrected chi connectivity index (χ3v) is 6.16. The van der Waals surface area contributed by atoms with Gasteiger partial charge in [0.05, 0.1) is 6.42 Å². The van der Waals surface area contributed by atoms with Gasteiger partial charge in [-0.15, -0.1) is 0 Å². The minimum atomic E-state index is -0.690. The Morgan fingerprint density at radius 2 is 1.42 bits per heavy atom. The lowest BCUT2D eigenvalue weighted by atomic mass is 10.0. The monoisotopic (exact) mass is 482 g/mol. The van der Waals surface area contributed by atoms with Crippen LogP contribution < -0.4 is 5.32 Å². The summed E-state index contributed by atoms with van der Waals surface area (Å²) in [5.74, 6) is -0.365. The first-order chi connectivity index (χ1) is 16.0. The van der Waals surface area contributed by atoms with E-state index in [9.17, 15) is 9.59 Å². The van der Waals surface area contributed by atoms with Gasteiger partial charge in [0.15, 0.2) is 0 Å². The average Bonchev–Trinajstić information content (AvgIpc) is 2.83. The Labute approximate surface area is 205 Å². The summed E-state index contributed by atoms with van der Waals surface area (Å²) in [7, 11) is 0. The first-order valence-electron chi connectivity index (χ1n) is 11.1. The molecule has 172 valence electrons. The lowest BCUT2D eigenvalue weighted by Gasteiger charge is -2.32. The van der Waals surface area contributed by atoms with E-state index in [2.05, 4.69) is 5.32 Å². The molecule has 3 rings (SSSR count). The molecule has 1 N–H and O–H groups in total. The van der Waals surface area contributed by atoms with Crippen molar-refractivity contribution in [1.29, 1.82) is 0 Å². The van der Waals surface area contributed by atoms with Crippen LogP contribution in [0.4, 0.5) is 0 Å². The summed E-state index contributed by atoms with van der Waals surface area (Å²) in [4.78, 5) is 28.5. The quantitative estimate of drug-likeness (QED) is 0.402. The van der Waals surface area contributed by atoms with Crippen molar-refractivity contribution >= 4 is 35.0 Å². The van der Waals surface area contributed by atoms with Crippen LogP contribution >= 0.6 is 23.2 Å². The summed E-state index contributed by atoms with van der Waals surface area (Å²) in [6.07, 6.45) is 1.30. The van der Waals surface area contributed by atoms with Gasteiger partial charge in [0.2, 0.25) is 11.8 Å². The van der Waals surface area contributed by atoms with Crippen LogP contribution in [0, 0.1) is 0 Å². The molecule has 3 aromatic rings. The van der Waals surface area contributed by atoms with Gasteiger partial charge >= 0.3 is 0 Å². The number of amides is 2. The second-order valence-electron chi connectivity index (χ2n) is 7.88. The van der Waals surface area contributed by atoms with Gasteiger partial charge in [0, 0.05) is 29.6 Å². The Bertz CT molecular complexity index is 1070. The summed E-state index contributed by atoms with van der Waals surface area (Å²) < 4.78 is 0.